The highest BCUT2D eigenvalue weighted by Crippen LogP contribution is 2.37. The normalized spacial score (nSPS) is 11.5. The van der Waals surface area contributed by atoms with E-state index in [0.29, 0.717) is 5.46 Å². The van der Waals surface area contributed by atoms with Crippen LogP contribution in [0.3, 0.4) is 0 Å². The molecule has 0 radical (unpaired) electrons. The van der Waals surface area contributed by atoms with E-state index in [1.165, 1.54) is 20.2 Å². The molecule has 0 unspecified atom stereocenters. The van der Waals surface area contributed by atoms with Gasteiger partial charge in [-0.1, -0.05) is 48.5 Å². The van der Waals surface area contributed by atoms with Crippen molar-refractivity contribution < 1.29 is 10.0 Å². The van der Waals surface area contributed by atoms with Crippen LogP contribution in [-0.4, -0.2) is 17.2 Å². The van der Waals surface area contributed by atoms with Crippen molar-refractivity contribution in [1.82, 2.24) is 0 Å². The first-order chi connectivity index (χ1) is 9.75. The van der Waals surface area contributed by atoms with E-state index in [9.17, 15) is 10.0 Å². The largest absolute Gasteiger partial charge is 0.489 e. The molecule has 2 nitrogen and oxygen atoms in total. The number of fused-ring (bicyclic) bond motifs is 5. The van der Waals surface area contributed by atoms with E-state index in [1.807, 2.05) is 30.3 Å². The average molecular weight is 278 g/mol. The fraction of sp³-hybridized carbons (Fsp3) is 0. The molecule has 2 N–H and O–H groups in total. The molecule has 1 aromatic heterocycles. The Balaban J connectivity index is 2.22. The van der Waals surface area contributed by atoms with Gasteiger partial charge < -0.3 is 10.0 Å². The standard InChI is InChI=1S/C16H11BO2S/c18-17(19)14-6-3-5-12-10(14)8-9-13-11-4-1-2-7-15(11)20-16(12)13/h1-9,18-19H. The maximum Gasteiger partial charge on any atom is 0.489 e. The van der Waals surface area contributed by atoms with Gasteiger partial charge in [0.1, 0.15) is 0 Å². The van der Waals surface area contributed by atoms with Gasteiger partial charge in [-0.25, -0.2) is 0 Å². The van der Waals surface area contributed by atoms with Gasteiger partial charge in [-0.2, -0.15) is 0 Å². The van der Waals surface area contributed by atoms with E-state index >= 15 is 0 Å². The maximum atomic E-state index is 9.49. The minimum atomic E-state index is -1.44. The van der Waals surface area contributed by atoms with Gasteiger partial charge in [-0.3, -0.25) is 0 Å². The van der Waals surface area contributed by atoms with Crippen LogP contribution in [0.4, 0.5) is 0 Å². The Kier molecular flexibility index (Phi) is 2.57. The minimum absolute atomic E-state index is 0.557. The molecule has 0 saturated carbocycles. The number of rotatable bonds is 1. The zero-order valence-electron chi connectivity index (χ0n) is 10.6. The van der Waals surface area contributed by atoms with Gasteiger partial charge in [-0.05, 0) is 22.3 Å². The summed E-state index contributed by atoms with van der Waals surface area (Å²) in [5.41, 5.74) is 0.557. The first-order valence-corrected chi connectivity index (χ1v) is 7.26. The molecular weight excluding hydrogens is 267 g/mol. The lowest BCUT2D eigenvalue weighted by atomic mass is 9.77. The molecule has 3 aromatic carbocycles. The van der Waals surface area contributed by atoms with Crippen molar-refractivity contribution in [1.29, 1.82) is 0 Å². The fourth-order valence-electron chi connectivity index (χ4n) is 2.79. The number of thiophene rings is 1. The zero-order valence-corrected chi connectivity index (χ0v) is 11.4. The van der Waals surface area contributed by atoms with E-state index < -0.39 is 7.12 Å². The molecule has 1 heterocycles. The van der Waals surface area contributed by atoms with Crippen LogP contribution in [0.1, 0.15) is 0 Å². The number of hydrogen-bond acceptors (Lipinski definition) is 3. The highest BCUT2D eigenvalue weighted by Gasteiger charge is 2.16. The van der Waals surface area contributed by atoms with Crippen molar-refractivity contribution in [2.75, 3.05) is 0 Å². The van der Waals surface area contributed by atoms with E-state index in [0.717, 1.165) is 10.8 Å². The van der Waals surface area contributed by atoms with Crippen LogP contribution in [0.2, 0.25) is 0 Å². The van der Waals surface area contributed by atoms with Crippen molar-refractivity contribution in [3.05, 3.63) is 54.6 Å². The molecule has 0 bridgehead atoms. The third-order valence-electron chi connectivity index (χ3n) is 3.71. The highest BCUT2D eigenvalue weighted by atomic mass is 32.1. The summed E-state index contributed by atoms with van der Waals surface area (Å²) in [5, 5.41) is 23.4. The van der Waals surface area contributed by atoms with E-state index in [1.54, 1.807) is 17.4 Å². The van der Waals surface area contributed by atoms with Crippen LogP contribution in [-0.2, 0) is 0 Å². The molecule has 4 heteroatoms. The van der Waals surface area contributed by atoms with Crippen LogP contribution < -0.4 is 5.46 Å². The lowest BCUT2D eigenvalue weighted by Crippen LogP contribution is -2.30. The van der Waals surface area contributed by atoms with Gasteiger partial charge in [0.05, 0.1) is 0 Å². The fourth-order valence-corrected chi connectivity index (χ4v) is 4.02. The number of benzene rings is 3. The predicted octanol–water partition coefficient (Wildman–Crippen LogP) is 2.89. The SMILES string of the molecule is OB(O)c1cccc2c1ccc1c3ccccc3sc21. The topological polar surface area (TPSA) is 40.5 Å². The molecule has 4 aromatic rings. The molecule has 0 aliphatic heterocycles. The Morgan fingerprint density at radius 2 is 1.40 bits per heavy atom. The maximum absolute atomic E-state index is 9.49. The van der Waals surface area contributed by atoms with Gasteiger partial charge in [0.15, 0.2) is 0 Å². The first-order valence-electron chi connectivity index (χ1n) is 6.45. The van der Waals surface area contributed by atoms with Crippen LogP contribution in [0.15, 0.2) is 54.6 Å². The van der Waals surface area contributed by atoms with Crippen LogP contribution in [0.25, 0.3) is 30.9 Å². The molecule has 0 atom stereocenters. The Bertz CT molecular complexity index is 943. The third kappa shape index (κ3) is 1.59. The van der Waals surface area contributed by atoms with E-state index in [-0.39, 0.29) is 0 Å². The van der Waals surface area contributed by atoms with Crippen molar-refractivity contribution in [2.45, 2.75) is 0 Å². The molecule has 0 fully saturated rings. The highest BCUT2D eigenvalue weighted by molar-refractivity contribution is 7.26. The first kappa shape index (κ1) is 11.9. The third-order valence-corrected chi connectivity index (χ3v) is 4.93. The van der Waals surface area contributed by atoms with Gasteiger partial charge >= 0.3 is 7.12 Å². The molecule has 96 valence electrons. The molecule has 0 amide bonds. The number of hydrogen-bond donors (Lipinski definition) is 2. The van der Waals surface area contributed by atoms with Gasteiger partial charge in [0.25, 0.3) is 0 Å². The summed E-state index contributed by atoms with van der Waals surface area (Å²) < 4.78 is 2.45. The smallest absolute Gasteiger partial charge is 0.423 e. The Morgan fingerprint density at radius 3 is 2.25 bits per heavy atom. The van der Waals surface area contributed by atoms with Gasteiger partial charge in [0.2, 0.25) is 0 Å². The van der Waals surface area contributed by atoms with E-state index in [2.05, 4.69) is 18.2 Å². The molecule has 0 saturated heterocycles. The van der Waals surface area contributed by atoms with Gasteiger partial charge in [0, 0.05) is 20.2 Å². The van der Waals surface area contributed by atoms with Crippen molar-refractivity contribution in [3.8, 4) is 0 Å². The lowest BCUT2D eigenvalue weighted by Gasteiger charge is -2.06. The monoisotopic (exact) mass is 278 g/mol. The molecule has 20 heavy (non-hydrogen) atoms. The van der Waals surface area contributed by atoms with E-state index in [4.69, 9.17) is 0 Å². The molecule has 0 aliphatic rings. The summed E-state index contributed by atoms with van der Waals surface area (Å²) in [6, 6.07) is 18.1. The molecule has 4 rings (SSSR count). The molecule has 0 spiro atoms. The minimum Gasteiger partial charge on any atom is -0.423 e. The second-order valence-corrected chi connectivity index (χ2v) is 5.91. The van der Waals surface area contributed by atoms with Crippen molar-refractivity contribution >= 4 is 54.9 Å². The predicted molar refractivity (Wildman–Crippen MR) is 86.7 cm³/mol. The Labute approximate surface area is 120 Å². The zero-order chi connectivity index (χ0) is 13.7. The Hall–Kier alpha value is -1.88. The summed E-state index contributed by atoms with van der Waals surface area (Å²) in [4.78, 5) is 0. The summed E-state index contributed by atoms with van der Waals surface area (Å²) in [6.45, 7) is 0. The average Bonchev–Trinajstić information content (AvgIpc) is 2.85. The van der Waals surface area contributed by atoms with Crippen molar-refractivity contribution in [2.24, 2.45) is 0 Å². The second kappa shape index (κ2) is 4.31. The quantitative estimate of drug-likeness (QED) is 0.526. The molecular formula is C16H11BO2S. The summed E-state index contributed by atoms with van der Waals surface area (Å²) in [5.74, 6) is 0. The van der Waals surface area contributed by atoms with Crippen LogP contribution >= 0.6 is 11.3 Å². The van der Waals surface area contributed by atoms with Crippen LogP contribution in [0, 0.1) is 0 Å². The second-order valence-electron chi connectivity index (χ2n) is 4.86. The summed E-state index contributed by atoms with van der Waals surface area (Å²) >= 11 is 1.75. The molecule has 0 aliphatic carbocycles. The Morgan fingerprint density at radius 1 is 0.700 bits per heavy atom. The van der Waals surface area contributed by atoms with Gasteiger partial charge in [-0.15, -0.1) is 11.3 Å². The summed E-state index contributed by atoms with van der Waals surface area (Å²) in [7, 11) is -1.44. The lowest BCUT2D eigenvalue weighted by molar-refractivity contribution is 0.426. The van der Waals surface area contributed by atoms with Crippen molar-refractivity contribution in [3.63, 3.8) is 0 Å². The van der Waals surface area contributed by atoms with Crippen LogP contribution in [0.5, 0.6) is 0 Å². The summed E-state index contributed by atoms with van der Waals surface area (Å²) in [6.07, 6.45) is 0.